The van der Waals surface area contributed by atoms with Crippen LogP contribution in [0.15, 0.2) is 42.5 Å². The van der Waals surface area contributed by atoms with Crippen molar-refractivity contribution >= 4 is 29.0 Å². The topological polar surface area (TPSA) is 37.4 Å². The van der Waals surface area contributed by atoms with Gasteiger partial charge < -0.3 is 0 Å². The zero-order valence-corrected chi connectivity index (χ0v) is 11.0. The van der Waals surface area contributed by atoms with Gasteiger partial charge in [0.2, 0.25) is 0 Å². The SMILES string of the molecule is O=C1C(=O)N(Cc2ccc(Cl)cc2)c2c(F)cccc21. The van der Waals surface area contributed by atoms with Gasteiger partial charge in [-0.25, -0.2) is 4.39 Å². The van der Waals surface area contributed by atoms with E-state index in [1.165, 1.54) is 18.2 Å². The van der Waals surface area contributed by atoms with Crippen LogP contribution in [-0.2, 0) is 11.3 Å². The Morgan fingerprint density at radius 2 is 1.75 bits per heavy atom. The highest BCUT2D eigenvalue weighted by molar-refractivity contribution is 6.52. The number of benzene rings is 2. The molecular formula is C15H9ClFNO2. The van der Waals surface area contributed by atoms with Crippen LogP contribution in [0.1, 0.15) is 15.9 Å². The Morgan fingerprint density at radius 3 is 2.45 bits per heavy atom. The fourth-order valence-electron chi connectivity index (χ4n) is 2.24. The lowest BCUT2D eigenvalue weighted by molar-refractivity contribution is -0.114. The van der Waals surface area contributed by atoms with Gasteiger partial charge in [-0.3, -0.25) is 14.5 Å². The maximum atomic E-state index is 13.9. The average Bonchev–Trinajstić information content (AvgIpc) is 2.68. The van der Waals surface area contributed by atoms with Crippen molar-refractivity contribution in [1.82, 2.24) is 0 Å². The largest absolute Gasteiger partial charge is 0.299 e. The molecule has 3 nitrogen and oxygen atoms in total. The van der Waals surface area contributed by atoms with Crippen molar-refractivity contribution in [2.75, 3.05) is 4.90 Å². The summed E-state index contributed by atoms with van der Waals surface area (Å²) in [7, 11) is 0. The lowest BCUT2D eigenvalue weighted by Gasteiger charge is -2.17. The molecule has 5 heteroatoms. The molecule has 20 heavy (non-hydrogen) atoms. The minimum Gasteiger partial charge on any atom is -0.298 e. The fraction of sp³-hybridized carbons (Fsp3) is 0.0667. The first kappa shape index (κ1) is 12.8. The van der Waals surface area contributed by atoms with Gasteiger partial charge in [0.05, 0.1) is 17.8 Å². The Morgan fingerprint density at radius 1 is 1.05 bits per heavy atom. The smallest absolute Gasteiger partial charge is 0.298 e. The van der Waals surface area contributed by atoms with E-state index in [2.05, 4.69) is 0 Å². The van der Waals surface area contributed by atoms with Crippen LogP contribution in [0.3, 0.4) is 0 Å². The first-order valence-electron chi connectivity index (χ1n) is 5.97. The maximum absolute atomic E-state index is 13.9. The number of rotatable bonds is 2. The normalized spacial score (nSPS) is 13.8. The average molecular weight is 290 g/mol. The van der Waals surface area contributed by atoms with E-state index in [4.69, 9.17) is 11.6 Å². The van der Waals surface area contributed by atoms with Crippen molar-refractivity contribution in [2.45, 2.75) is 6.54 Å². The molecule has 0 bridgehead atoms. The number of amides is 1. The van der Waals surface area contributed by atoms with Gasteiger partial charge in [0, 0.05) is 5.02 Å². The van der Waals surface area contributed by atoms with Gasteiger partial charge in [0.25, 0.3) is 11.7 Å². The molecule has 3 rings (SSSR count). The summed E-state index contributed by atoms with van der Waals surface area (Å²) < 4.78 is 13.9. The molecule has 0 fully saturated rings. The monoisotopic (exact) mass is 289 g/mol. The van der Waals surface area contributed by atoms with Gasteiger partial charge in [-0.1, -0.05) is 29.8 Å². The third-order valence-electron chi connectivity index (χ3n) is 3.19. The van der Waals surface area contributed by atoms with E-state index in [1.54, 1.807) is 24.3 Å². The first-order chi connectivity index (χ1) is 9.58. The molecule has 1 aliphatic heterocycles. The molecule has 2 aromatic carbocycles. The van der Waals surface area contributed by atoms with Crippen molar-refractivity contribution < 1.29 is 14.0 Å². The molecule has 0 unspecified atom stereocenters. The molecule has 1 aliphatic rings. The number of carbonyl (C=O) groups excluding carboxylic acids is 2. The molecule has 0 radical (unpaired) electrons. The quantitative estimate of drug-likeness (QED) is 0.796. The van der Waals surface area contributed by atoms with Gasteiger partial charge in [0.15, 0.2) is 0 Å². The molecule has 0 spiro atoms. The zero-order chi connectivity index (χ0) is 14.3. The van der Waals surface area contributed by atoms with E-state index >= 15 is 0 Å². The zero-order valence-electron chi connectivity index (χ0n) is 10.3. The molecule has 100 valence electrons. The predicted molar refractivity (Wildman–Crippen MR) is 73.4 cm³/mol. The summed E-state index contributed by atoms with van der Waals surface area (Å²) in [6, 6.07) is 11.0. The summed E-state index contributed by atoms with van der Waals surface area (Å²) in [6.07, 6.45) is 0. The van der Waals surface area contributed by atoms with Crippen molar-refractivity contribution in [2.24, 2.45) is 0 Å². The molecule has 2 aromatic rings. The Balaban J connectivity index is 2.01. The molecule has 0 saturated heterocycles. The number of Topliss-reactive ketones (excluding diaryl/α,β-unsaturated/α-hetero) is 1. The third-order valence-corrected chi connectivity index (χ3v) is 3.45. The van der Waals surface area contributed by atoms with Crippen LogP contribution in [0.4, 0.5) is 10.1 Å². The van der Waals surface area contributed by atoms with Crippen LogP contribution in [0.5, 0.6) is 0 Å². The van der Waals surface area contributed by atoms with Crippen LogP contribution < -0.4 is 4.90 Å². The number of halogens is 2. The minimum absolute atomic E-state index is 0.0532. The highest BCUT2D eigenvalue weighted by Crippen LogP contribution is 2.32. The molecule has 1 heterocycles. The Kier molecular flexibility index (Phi) is 3.03. The molecule has 0 aromatic heterocycles. The summed E-state index contributed by atoms with van der Waals surface area (Å²) in [5.41, 5.74) is 0.938. The van der Waals surface area contributed by atoms with Gasteiger partial charge in [-0.2, -0.15) is 0 Å². The van der Waals surface area contributed by atoms with E-state index in [1.807, 2.05) is 0 Å². The second-order valence-corrected chi connectivity index (χ2v) is 4.92. The number of ketones is 1. The van der Waals surface area contributed by atoms with Gasteiger partial charge in [-0.15, -0.1) is 0 Å². The van der Waals surface area contributed by atoms with Crippen LogP contribution in [0.2, 0.25) is 5.02 Å². The molecule has 0 N–H and O–H groups in total. The summed E-state index contributed by atoms with van der Waals surface area (Å²) in [4.78, 5) is 25.0. The second kappa shape index (κ2) is 4.72. The summed E-state index contributed by atoms with van der Waals surface area (Å²) in [5.74, 6) is -1.95. The maximum Gasteiger partial charge on any atom is 0.299 e. The third kappa shape index (κ3) is 1.98. The molecule has 1 amide bonds. The highest BCUT2D eigenvalue weighted by Gasteiger charge is 2.37. The van der Waals surface area contributed by atoms with Gasteiger partial charge in [-0.05, 0) is 29.8 Å². The predicted octanol–water partition coefficient (Wildman–Crippen LogP) is 3.21. The number of fused-ring (bicyclic) bond motifs is 1. The second-order valence-electron chi connectivity index (χ2n) is 4.48. The van der Waals surface area contributed by atoms with Crippen LogP contribution in [0, 0.1) is 5.82 Å². The molecule has 0 atom stereocenters. The fourth-order valence-corrected chi connectivity index (χ4v) is 2.36. The first-order valence-corrected chi connectivity index (χ1v) is 6.35. The number of carbonyl (C=O) groups is 2. The minimum atomic E-state index is -0.708. The van der Waals surface area contributed by atoms with Gasteiger partial charge >= 0.3 is 0 Å². The van der Waals surface area contributed by atoms with E-state index in [0.29, 0.717) is 5.02 Å². The number of para-hydroxylation sites is 1. The summed E-state index contributed by atoms with van der Waals surface area (Å²) in [6.45, 7) is 0.135. The molecule has 0 aliphatic carbocycles. The van der Waals surface area contributed by atoms with E-state index < -0.39 is 17.5 Å². The number of nitrogens with zero attached hydrogens (tertiary/aromatic N) is 1. The van der Waals surface area contributed by atoms with Crippen molar-refractivity contribution in [3.05, 3.63) is 64.4 Å². The Bertz CT molecular complexity index is 712. The standard InChI is InChI=1S/C15H9ClFNO2/c16-10-6-4-9(5-7-10)8-18-13-11(14(19)15(18)20)2-1-3-12(13)17/h1-7H,8H2. The summed E-state index contributed by atoms with van der Waals surface area (Å²) >= 11 is 5.79. The molecular weight excluding hydrogens is 281 g/mol. The number of anilines is 1. The van der Waals surface area contributed by atoms with E-state index in [-0.39, 0.29) is 17.8 Å². The van der Waals surface area contributed by atoms with Crippen LogP contribution >= 0.6 is 11.6 Å². The van der Waals surface area contributed by atoms with Crippen molar-refractivity contribution in [3.63, 3.8) is 0 Å². The van der Waals surface area contributed by atoms with Crippen molar-refractivity contribution in [1.29, 1.82) is 0 Å². The Hall–Kier alpha value is -2.20. The van der Waals surface area contributed by atoms with Gasteiger partial charge in [0.1, 0.15) is 5.82 Å². The lowest BCUT2D eigenvalue weighted by Crippen LogP contribution is -2.29. The van der Waals surface area contributed by atoms with E-state index in [0.717, 1.165) is 10.5 Å². The summed E-state index contributed by atoms with van der Waals surface area (Å²) in [5, 5.41) is 0.573. The van der Waals surface area contributed by atoms with Crippen molar-refractivity contribution in [3.8, 4) is 0 Å². The molecule has 0 saturated carbocycles. The highest BCUT2D eigenvalue weighted by atomic mass is 35.5. The number of hydrogen-bond acceptors (Lipinski definition) is 2. The lowest BCUT2D eigenvalue weighted by atomic mass is 10.1. The van der Waals surface area contributed by atoms with Crippen LogP contribution in [0.25, 0.3) is 0 Å². The van der Waals surface area contributed by atoms with Crippen LogP contribution in [-0.4, -0.2) is 11.7 Å². The van der Waals surface area contributed by atoms with E-state index in [9.17, 15) is 14.0 Å². The Labute approximate surface area is 119 Å². The number of hydrogen-bond donors (Lipinski definition) is 0.